The van der Waals surface area contributed by atoms with E-state index < -0.39 is 34.8 Å². The number of methoxy groups -OCH3 is 1. The van der Waals surface area contributed by atoms with Crippen molar-refractivity contribution in [3.63, 3.8) is 0 Å². The Hall–Kier alpha value is -0.596. The lowest BCUT2D eigenvalue weighted by Gasteiger charge is -2.47. The van der Waals surface area contributed by atoms with E-state index in [-0.39, 0.29) is 52.7 Å². The Bertz CT molecular complexity index is 989. The summed E-state index contributed by atoms with van der Waals surface area (Å²) < 4.78 is 28.0. The van der Waals surface area contributed by atoms with Crippen molar-refractivity contribution in [1.29, 1.82) is 0 Å². The molecular formula is C33H59IO6Si2. The van der Waals surface area contributed by atoms with E-state index in [1.807, 2.05) is 29.2 Å². The molecule has 0 amide bonds. The van der Waals surface area contributed by atoms with Crippen LogP contribution in [-0.4, -0.2) is 59.9 Å². The fraction of sp³-hybridized carbons (Fsp3) is 0.758. The number of ether oxygens (including phenoxy) is 2. The van der Waals surface area contributed by atoms with Gasteiger partial charge in [0.05, 0.1) is 18.3 Å². The van der Waals surface area contributed by atoms with Gasteiger partial charge in [-0.1, -0.05) is 102 Å². The molecule has 0 saturated heterocycles. The lowest BCUT2D eigenvalue weighted by molar-refractivity contribution is -0.149. The van der Waals surface area contributed by atoms with Gasteiger partial charge in [-0.25, -0.2) is 0 Å². The molecule has 0 spiro atoms. The molecule has 9 heteroatoms. The van der Waals surface area contributed by atoms with Crippen molar-refractivity contribution >= 4 is 51.0 Å². The molecule has 0 fully saturated rings. The molecule has 0 aromatic carbocycles. The number of rotatable bonds is 7. The van der Waals surface area contributed by atoms with Gasteiger partial charge in [0.15, 0.2) is 16.6 Å². The Morgan fingerprint density at radius 2 is 1.45 bits per heavy atom. The van der Waals surface area contributed by atoms with Gasteiger partial charge in [-0.3, -0.25) is 9.59 Å². The SMILES string of the molecule is CO[C@@H]1/C=C(\C)C[C@H](/C=C/C=C/I)OC(=O)CC(=O)C[C@H](O[Si](C)(C)C(C)(C)C)[C@@H](C)[C@@H](O[Si](C)(C)C(C)(C)C)[C@@H]1C. The fourth-order valence-electron chi connectivity index (χ4n) is 4.65. The Kier molecular flexibility index (Phi) is 15.1. The normalized spacial score (nSPS) is 29.8. The van der Waals surface area contributed by atoms with Gasteiger partial charge in [-0.15, -0.1) is 0 Å². The molecule has 6 atom stereocenters. The van der Waals surface area contributed by atoms with Crippen LogP contribution in [0.3, 0.4) is 0 Å². The molecule has 1 rings (SSSR count). The number of halogens is 1. The van der Waals surface area contributed by atoms with Crippen LogP contribution in [0.25, 0.3) is 0 Å². The molecule has 242 valence electrons. The van der Waals surface area contributed by atoms with E-state index in [0.717, 1.165) is 5.57 Å². The first-order valence-electron chi connectivity index (χ1n) is 15.3. The minimum absolute atomic E-state index is 0.00116. The molecule has 1 aliphatic heterocycles. The summed E-state index contributed by atoms with van der Waals surface area (Å²) in [5, 5.41) is -0.0444. The van der Waals surface area contributed by atoms with Gasteiger partial charge in [0.1, 0.15) is 18.3 Å². The third-order valence-electron chi connectivity index (χ3n) is 9.44. The predicted octanol–water partition coefficient (Wildman–Crippen LogP) is 9.17. The fourth-order valence-corrected chi connectivity index (χ4v) is 7.76. The smallest absolute Gasteiger partial charge is 0.313 e. The summed E-state index contributed by atoms with van der Waals surface area (Å²) in [6.45, 7) is 28.7. The Balaban J connectivity index is 3.78. The molecule has 0 unspecified atom stereocenters. The van der Waals surface area contributed by atoms with Crippen LogP contribution in [0.5, 0.6) is 0 Å². The van der Waals surface area contributed by atoms with Crippen LogP contribution >= 0.6 is 22.6 Å². The predicted molar refractivity (Wildman–Crippen MR) is 188 cm³/mol. The average molecular weight is 735 g/mol. The molecular weight excluding hydrogens is 675 g/mol. The molecule has 0 saturated carbocycles. The molecule has 0 bridgehead atoms. The van der Waals surface area contributed by atoms with E-state index in [9.17, 15) is 9.59 Å². The van der Waals surface area contributed by atoms with Crippen molar-refractivity contribution in [2.75, 3.05) is 7.11 Å². The number of ketones is 1. The van der Waals surface area contributed by atoms with Crippen LogP contribution in [-0.2, 0) is 27.9 Å². The Morgan fingerprint density at radius 3 is 1.95 bits per heavy atom. The second-order valence-electron chi connectivity index (χ2n) is 15.0. The van der Waals surface area contributed by atoms with Gasteiger partial charge < -0.3 is 18.3 Å². The van der Waals surface area contributed by atoms with E-state index >= 15 is 0 Å². The molecule has 42 heavy (non-hydrogen) atoms. The molecule has 0 aromatic rings. The van der Waals surface area contributed by atoms with Gasteiger partial charge in [0, 0.05) is 31.8 Å². The third-order valence-corrected chi connectivity index (χ3v) is 18.8. The van der Waals surface area contributed by atoms with Crippen molar-refractivity contribution in [1.82, 2.24) is 0 Å². The second-order valence-corrected chi connectivity index (χ2v) is 25.3. The highest BCUT2D eigenvalue weighted by atomic mass is 127. The van der Waals surface area contributed by atoms with Crippen molar-refractivity contribution < 1.29 is 27.9 Å². The molecule has 0 radical (unpaired) electrons. The number of carbonyl (C=O) groups excluding carboxylic acids is 2. The van der Waals surface area contributed by atoms with E-state index in [1.165, 1.54) is 0 Å². The van der Waals surface area contributed by atoms with Crippen LogP contribution in [0.15, 0.2) is 34.0 Å². The maximum atomic E-state index is 13.5. The summed E-state index contributed by atoms with van der Waals surface area (Å²) in [7, 11) is -2.76. The highest BCUT2D eigenvalue weighted by Crippen LogP contribution is 2.43. The summed E-state index contributed by atoms with van der Waals surface area (Å²) in [5.74, 6) is -0.816. The molecule has 6 nitrogen and oxygen atoms in total. The lowest BCUT2D eigenvalue weighted by Crippen LogP contribution is -2.53. The first kappa shape index (κ1) is 39.4. The van der Waals surface area contributed by atoms with Crippen LogP contribution in [0.4, 0.5) is 0 Å². The molecule has 1 aliphatic rings. The first-order chi connectivity index (χ1) is 19.1. The first-order valence-corrected chi connectivity index (χ1v) is 22.3. The number of Topliss-reactive ketones (excluding diaryl/α,β-unsaturated/α-hetero) is 1. The van der Waals surface area contributed by atoms with E-state index in [0.29, 0.717) is 6.42 Å². The Morgan fingerprint density at radius 1 is 0.905 bits per heavy atom. The maximum absolute atomic E-state index is 13.5. The van der Waals surface area contributed by atoms with Gasteiger partial charge in [-0.05, 0) is 53.3 Å². The largest absolute Gasteiger partial charge is 0.457 e. The van der Waals surface area contributed by atoms with E-state index in [4.69, 9.17) is 18.3 Å². The zero-order valence-electron chi connectivity index (χ0n) is 28.8. The molecule has 0 aromatic heterocycles. The summed E-state index contributed by atoms with van der Waals surface area (Å²) in [4.78, 5) is 26.5. The van der Waals surface area contributed by atoms with Gasteiger partial charge in [0.25, 0.3) is 0 Å². The molecule has 0 aliphatic carbocycles. The van der Waals surface area contributed by atoms with Crippen LogP contribution in [0.2, 0.25) is 36.3 Å². The van der Waals surface area contributed by atoms with Gasteiger partial charge in [-0.2, -0.15) is 0 Å². The topological polar surface area (TPSA) is 71.1 Å². The highest BCUT2D eigenvalue weighted by Gasteiger charge is 2.47. The van der Waals surface area contributed by atoms with Gasteiger partial charge >= 0.3 is 5.97 Å². The maximum Gasteiger partial charge on any atom is 0.313 e. The minimum atomic E-state index is -2.27. The van der Waals surface area contributed by atoms with Crippen molar-refractivity contribution in [3.8, 4) is 0 Å². The highest BCUT2D eigenvalue weighted by molar-refractivity contribution is 14.1. The summed E-state index contributed by atoms with van der Waals surface area (Å²) in [5.41, 5.74) is 1.05. The summed E-state index contributed by atoms with van der Waals surface area (Å²) in [6, 6.07) is 0. The summed E-state index contributed by atoms with van der Waals surface area (Å²) >= 11 is 2.15. The number of esters is 1. The second kappa shape index (κ2) is 16.1. The third kappa shape index (κ3) is 11.7. The average Bonchev–Trinajstić information content (AvgIpc) is 2.82. The standard InChI is InChI=1S/C33H59IO6Si2/c1-23-19-27(17-15-16-18-34)38-30(36)22-26(35)21-29(39-41(11,12)32(4,5)6)25(3)31(24(2)28(20-23)37-10)40-42(13,14)33(7,8)9/h15-18,20,24-25,27-29,31H,19,21-22H2,1-14H3/b17-15+,18-16+,23-20+/t24-,25-,27+,28-,29+,31+/m1/s1. The summed E-state index contributed by atoms with van der Waals surface area (Å²) in [6.07, 6.45) is 6.79. The van der Waals surface area contributed by atoms with Crippen LogP contribution in [0, 0.1) is 11.8 Å². The van der Waals surface area contributed by atoms with Crippen molar-refractivity contribution in [3.05, 3.63) is 34.0 Å². The monoisotopic (exact) mass is 734 g/mol. The Labute approximate surface area is 272 Å². The van der Waals surface area contributed by atoms with Gasteiger partial charge in [0.2, 0.25) is 0 Å². The lowest BCUT2D eigenvalue weighted by atomic mass is 9.83. The van der Waals surface area contributed by atoms with Crippen LogP contribution < -0.4 is 0 Å². The number of hydrogen-bond donors (Lipinski definition) is 0. The number of hydrogen-bond acceptors (Lipinski definition) is 6. The minimum Gasteiger partial charge on any atom is -0.457 e. The number of carbonyl (C=O) groups is 2. The zero-order chi connectivity index (χ0) is 32.7. The van der Waals surface area contributed by atoms with E-state index in [2.05, 4.69) is 110 Å². The quantitative estimate of drug-likeness (QED) is 0.0649. The zero-order valence-corrected chi connectivity index (χ0v) is 33.0. The van der Waals surface area contributed by atoms with Crippen molar-refractivity contribution in [2.45, 2.75) is 142 Å². The molecule has 1 heterocycles. The number of allylic oxidation sites excluding steroid dienone is 2. The molecule has 0 N–H and O–H groups in total. The van der Waals surface area contributed by atoms with Crippen molar-refractivity contribution in [2.24, 2.45) is 11.8 Å². The van der Waals surface area contributed by atoms with Crippen LogP contribution in [0.1, 0.15) is 81.6 Å². The van der Waals surface area contributed by atoms with E-state index in [1.54, 1.807) is 7.11 Å². The number of cyclic esters (lactones) is 1.